The van der Waals surface area contributed by atoms with Crippen molar-refractivity contribution in [3.05, 3.63) is 29.8 Å². The molecular weight excluding hydrogens is 332 g/mol. The van der Waals surface area contributed by atoms with E-state index in [9.17, 15) is 4.79 Å². The molecule has 1 unspecified atom stereocenters. The van der Waals surface area contributed by atoms with Gasteiger partial charge in [0, 0.05) is 25.5 Å². The molecule has 0 aliphatic carbocycles. The molecule has 2 aliphatic heterocycles. The Balaban J connectivity index is 1.74. The number of benzene rings is 1. The van der Waals surface area contributed by atoms with Crippen molar-refractivity contribution in [2.24, 2.45) is 5.92 Å². The van der Waals surface area contributed by atoms with Gasteiger partial charge in [-0.15, -0.1) is 0 Å². The molecule has 1 atom stereocenters. The van der Waals surface area contributed by atoms with E-state index in [1.54, 1.807) is 0 Å². The number of hydrogen-bond acceptors (Lipinski definition) is 5. The molecule has 4 rings (SSSR count). The summed E-state index contributed by atoms with van der Waals surface area (Å²) in [6.45, 7) is 7.33. The molecule has 0 bridgehead atoms. The van der Waals surface area contributed by atoms with Gasteiger partial charge in [0.2, 0.25) is 12.7 Å². The number of nitrogens with zero attached hydrogens (tertiary/aromatic N) is 4. The van der Waals surface area contributed by atoms with Crippen LogP contribution in [0.25, 0.3) is 5.69 Å². The second-order valence-corrected chi connectivity index (χ2v) is 7.30. The highest BCUT2D eigenvalue weighted by Gasteiger charge is 2.30. The maximum atomic E-state index is 12.2. The lowest BCUT2D eigenvalue weighted by Gasteiger charge is -2.23. The van der Waals surface area contributed by atoms with E-state index in [1.165, 1.54) is 0 Å². The van der Waals surface area contributed by atoms with Crippen LogP contribution in [0.4, 0.5) is 0 Å². The van der Waals surface area contributed by atoms with Gasteiger partial charge in [0.1, 0.15) is 0 Å². The number of hydrogen-bond donors (Lipinski definition) is 0. The minimum atomic E-state index is -0.121. The van der Waals surface area contributed by atoms with Gasteiger partial charge in [-0.2, -0.15) is 5.10 Å². The average molecular weight is 356 g/mol. The molecule has 26 heavy (non-hydrogen) atoms. The highest BCUT2D eigenvalue weighted by atomic mass is 16.7. The highest BCUT2D eigenvalue weighted by Crippen LogP contribution is 2.35. The van der Waals surface area contributed by atoms with E-state index in [0.717, 1.165) is 42.5 Å². The zero-order chi connectivity index (χ0) is 18.3. The first-order valence-corrected chi connectivity index (χ1v) is 9.18. The molecule has 0 spiro atoms. The summed E-state index contributed by atoms with van der Waals surface area (Å²) in [5.74, 6) is 3.67. The van der Waals surface area contributed by atoms with Crippen molar-refractivity contribution in [2.75, 3.05) is 13.3 Å². The van der Waals surface area contributed by atoms with E-state index in [4.69, 9.17) is 19.6 Å². The van der Waals surface area contributed by atoms with Gasteiger partial charge in [-0.25, -0.2) is 9.67 Å². The number of amides is 1. The first-order chi connectivity index (χ1) is 12.5. The Hall–Kier alpha value is -2.57. The standard InChI is InChI=1S/C19H24N4O3/c1-12(2)9-17-20-19(13(3)22-8-4-5-18(22)24)23(21-17)14-6-7-15-16(10-14)26-11-25-15/h6-7,10,12-13H,4-5,8-9,11H2,1-3H3. The lowest BCUT2D eigenvalue weighted by atomic mass is 10.1. The van der Waals surface area contributed by atoms with E-state index in [0.29, 0.717) is 18.1 Å². The van der Waals surface area contributed by atoms with Gasteiger partial charge in [0.25, 0.3) is 0 Å². The largest absolute Gasteiger partial charge is 0.454 e. The van der Waals surface area contributed by atoms with E-state index >= 15 is 0 Å². The van der Waals surface area contributed by atoms with Crippen LogP contribution in [-0.4, -0.2) is 38.9 Å². The fourth-order valence-electron chi connectivity index (χ4n) is 3.52. The number of likely N-dealkylation sites (tertiary alicyclic amines) is 1. The molecule has 1 aromatic heterocycles. The van der Waals surface area contributed by atoms with Gasteiger partial charge in [-0.05, 0) is 31.4 Å². The first kappa shape index (κ1) is 16.9. The van der Waals surface area contributed by atoms with Crippen LogP contribution in [-0.2, 0) is 11.2 Å². The number of aromatic nitrogens is 3. The number of carbonyl (C=O) groups is 1. The smallest absolute Gasteiger partial charge is 0.231 e. The zero-order valence-corrected chi connectivity index (χ0v) is 15.4. The first-order valence-electron chi connectivity index (χ1n) is 9.18. The minimum Gasteiger partial charge on any atom is -0.454 e. The summed E-state index contributed by atoms with van der Waals surface area (Å²) in [4.78, 5) is 18.9. The highest BCUT2D eigenvalue weighted by molar-refractivity contribution is 5.78. The van der Waals surface area contributed by atoms with Gasteiger partial charge >= 0.3 is 0 Å². The van der Waals surface area contributed by atoms with Crippen LogP contribution in [0.15, 0.2) is 18.2 Å². The molecule has 1 amide bonds. The van der Waals surface area contributed by atoms with Crippen molar-refractivity contribution >= 4 is 5.91 Å². The lowest BCUT2D eigenvalue weighted by molar-refractivity contribution is -0.129. The third-order valence-electron chi connectivity index (χ3n) is 4.82. The molecule has 138 valence electrons. The second kappa shape index (κ2) is 6.63. The number of fused-ring (bicyclic) bond motifs is 1. The maximum absolute atomic E-state index is 12.2. The Bertz CT molecular complexity index is 830. The average Bonchev–Trinajstić information content (AvgIpc) is 3.32. The predicted molar refractivity (Wildman–Crippen MR) is 95.4 cm³/mol. The Morgan fingerprint density at radius 3 is 2.73 bits per heavy atom. The van der Waals surface area contributed by atoms with E-state index in [1.807, 2.05) is 34.7 Å². The topological polar surface area (TPSA) is 69.5 Å². The summed E-state index contributed by atoms with van der Waals surface area (Å²) in [5, 5.41) is 4.73. The molecule has 3 heterocycles. The Morgan fingerprint density at radius 1 is 1.19 bits per heavy atom. The number of carbonyl (C=O) groups excluding carboxylic acids is 1. The maximum Gasteiger partial charge on any atom is 0.231 e. The summed E-state index contributed by atoms with van der Waals surface area (Å²) in [7, 11) is 0. The van der Waals surface area contributed by atoms with Gasteiger partial charge in [-0.1, -0.05) is 13.8 Å². The molecule has 1 saturated heterocycles. The molecule has 0 N–H and O–H groups in total. The fraction of sp³-hybridized carbons (Fsp3) is 0.526. The molecule has 7 heteroatoms. The summed E-state index contributed by atoms with van der Waals surface area (Å²) in [6.07, 6.45) is 2.31. The van der Waals surface area contributed by atoms with Gasteiger partial charge in [0.05, 0.1) is 11.7 Å². The van der Waals surface area contributed by atoms with E-state index in [-0.39, 0.29) is 18.7 Å². The quantitative estimate of drug-likeness (QED) is 0.824. The van der Waals surface area contributed by atoms with Crippen LogP contribution in [0.1, 0.15) is 51.3 Å². The van der Waals surface area contributed by atoms with Crippen LogP contribution in [0, 0.1) is 5.92 Å². The third kappa shape index (κ3) is 3.02. The summed E-state index contributed by atoms with van der Waals surface area (Å²) >= 11 is 0. The molecule has 2 aliphatic rings. The van der Waals surface area contributed by atoms with E-state index < -0.39 is 0 Å². The molecular formula is C19H24N4O3. The van der Waals surface area contributed by atoms with Crippen molar-refractivity contribution < 1.29 is 14.3 Å². The molecule has 2 aromatic rings. The summed E-state index contributed by atoms with van der Waals surface area (Å²) < 4.78 is 12.7. The third-order valence-corrected chi connectivity index (χ3v) is 4.82. The number of ether oxygens (including phenoxy) is 2. The van der Waals surface area contributed by atoms with Crippen LogP contribution in [0.5, 0.6) is 11.5 Å². The summed E-state index contributed by atoms with van der Waals surface area (Å²) in [6, 6.07) is 5.63. The Kier molecular flexibility index (Phi) is 4.30. The summed E-state index contributed by atoms with van der Waals surface area (Å²) in [5.41, 5.74) is 0.866. The van der Waals surface area contributed by atoms with Crippen LogP contribution in [0.2, 0.25) is 0 Å². The minimum absolute atomic E-state index is 0.121. The van der Waals surface area contributed by atoms with Gasteiger partial charge in [0.15, 0.2) is 23.1 Å². The van der Waals surface area contributed by atoms with Crippen molar-refractivity contribution in [2.45, 2.75) is 46.1 Å². The second-order valence-electron chi connectivity index (χ2n) is 7.30. The molecule has 1 aromatic carbocycles. The van der Waals surface area contributed by atoms with E-state index in [2.05, 4.69) is 13.8 Å². The number of rotatable bonds is 5. The van der Waals surface area contributed by atoms with Gasteiger partial charge in [-0.3, -0.25) is 4.79 Å². The normalized spacial score (nSPS) is 17.4. The fourth-order valence-corrected chi connectivity index (χ4v) is 3.52. The van der Waals surface area contributed by atoms with Crippen LogP contribution < -0.4 is 9.47 Å². The molecule has 1 fully saturated rings. The monoisotopic (exact) mass is 356 g/mol. The SMILES string of the molecule is CC(C)Cc1nc(C(C)N2CCCC2=O)n(-c2ccc3c(c2)OCO3)n1. The van der Waals surface area contributed by atoms with Crippen molar-refractivity contribution in [1.82, 2.24) is 19.7 Å². The molecule has 0 radical (unpaired) electrons. The van der Waals surface area contributed by atoms with Crippen LogP contribution in [0.3, 0.4) is 0 Å². The van der Waals surface area contributed by atoms with Gasteiger partial charge < -0.3 is 14.4 Å². The Morgan fingerprint density at radius 2 is 2.00 bits per heavy atom. The lowest BCUT2D eigenvalue weighted by Crippen LogP contribution is -2.29. The molecule has 0 saturated carbocycles. The van der Waals surface area contributed by atoms with Crippen LogP contribution >= 0.6 is 0 Å². The van der Waals surface area contributed by atoms with Crippen molar-refractivity contribution in [1.29, 1.82) is 0 Å². The zero-order valence-electron chi connectivity index (χ0n) is 15.4. The van der Waals surface area contributed by atoms with Crippen molar-refractivity contribution in [3.8, 4) is 17.2 Å². The Labute approximate surface area is 152 Å². The molecule has 7 nitrogen and oxygen atoms in total. The van der Waals surface area contributed by atoms with Crippen molar-refractivity contribution in [3.63, 3.8) is 0 Å². The predicted octanol–water partition coefficient (Wildman–Crippen LogP) is 2.88.